The summed E-state index contributed by atoms with van der Waals surface area (Å²) in [7, 11) is 0. The lowest BCUT2D eigenvalue weighted by molar-refractivity contribution is 0.542. The van der Waals surface area contributed by atoms with Crippen molar-refractivity contribution in [1.82, 2.24) is 20.0 Å². The van der Waals surface area contributed by atoms with Crippen LogP contribution in [0.25, 0.3) is 27.5 Å². The van der Waals surface area contributed by atoms with E-state index < -0.39 is 0 Å². The molecule has 0 saturated heterocycles. The molecule has 0 radical (unpaired) electrons. The van der Waals surface area contributed by atoms with E-state index in [1.807, 2.05) is 23.0 Å². The van der Waals surface area contributed by atoms with E-state index in [-0.39, 0.29) is 5.41 Å². The Hall–Kier alpha value is -2.31. The van der Waals surface area contributed by atoms with E-state index in [2.05, 4.69) is 88.8 Å². The van der Waals surface area contributed by atoms with Gasteiger partial charge in [-0.2, -0.15) is 0 Å². The van der Waals surface area contributed by atoms with Gasteiger partial charge in [-0.1, -0.05) is 66.2 Å². The Morgan fingerprint density at radius 3 is 2.26 bits per heavy atom. The maximum absolute atomic E-state index is 4.80. The van der Waals surface area contributed by atoms with E-state index in [4.69, 9.17) is 4.98 Å². The summed E-state index contributed by atoms with van der Waals surface area (Å²) in [5.41, 5.74) is 5.28. The van der Waals surface area contributed by atoms with E-state index in [1.54, 1.807) is 11.3 Å². The van der Waals surface area contributed by atoms with Crippen molar-refractivity contribution >= 4 is 27.3 Å². The first kappa shape index (κ1) is 18.1. The lowest BCUT2D eigenvalue weighted by Crippen LogP contribution is -2.17. The van der Waals surface area contributed by atoms with E-state index in [0.29, 0.717) is 0 Å². The average molecular weight is 439 g/mol. The first-order valence-electron chi connectivity index (χ1n) is 8.65. The first-order chi connectivity index (χ1) is 12.9. The maximum Gasteiger partial charge on any atom is 0.124 e. The summed E-state index contributed by atoms with van der Waals surface area (Å²) in [6.07, 6.45) is 1.83. The highest BCUT2D eigenvalue weighted by atomic mass is 79.9. The third-order valence-corrected chi connectivity index (χ3v) is 5.74. The lowest BCUT2D eigenvalue weighted by Gasteiger charge is -2.19. The van der Waals surface area contributed by atoms with E-state index >= 15 is 0 Å². The summed E-state index contributed by atoms with van der Waals surface area (Å²) >= 11 is 5.13. The molecule has 0 bridgehead atoms. The molecule has 2 aromatic carbocycles. The van der Waals surface area contributed by atoms with Gasteiger partial charge >= 0.3 is 0 Å². The average Bonchev–Trinajstić information content (AvgIpc) is 3.32. The van der Waals surface area contributed by atoms with Gasteiger partial charge in [-0.25, -0.2) is 9.67 Å². The van der Waals surface area contributed by atoms with Gasteiger partial charge in [0.2, 0.25) is 0 Å². The molecule has 0 aliphatic carbocycles. The fourth-order valence-corrected chi connectivity index (χ4v) is 3.94. The van der Waals surface area contributed by atoms with Gasteiger partial charge in [-0.05, 0) is 24.3 Å². The standard InChI is InChI=1S/C21H19BrN4S/c1-21(2,3)19-12-23-25-26(19)17-10-6-14(7-11-17)18-13-27-20(24-18)15-4-8-16(22)9-5-15/h4-13H,1-3H3. The first-order valence-corrected chi connectivity index (χ1v) is 10.3. The largest absolute Gasteiger partial charge is 0.236 e. The van der Waals surface area contributed by atoms with Crippen molar-refractivity contribution in [2.45, 2.75) is 26.2 Å². The molecule has 0 unspecified atom stereocenters. The molecule has 2 heterocycles. The van der Waals surface area contributed by atoms with E-state index in [9.17, 15) is 0 Å². The third-order valence-electron chi connectivity index (χ3n) is 4.32. The second kappa shape index (κ2) is 7.02. The topological polar surface area (TPSA) is 43.6 Å². The van der Waals surface area contributed by atoms with Crippen LogP contribution in [0.4, 0.5) is 0 Å². The summed E-state index contributed by atoms with van der Waals surface area (Å²) < 4.78 is 2.97. The van der Waals surface area contributed by atoms with Crippen molar-refractivity contribution in [3.8, 4) is 27.5 Å². The summed E-state index contributed by atoms with van der Waals surface area (Å²) in [5.74, 6) is 0. The SMILES string of the molecule is CC(C)(C)c1cnnn1-c1ccc(-c2csc(-c3ccc(Br)cc3)n2)cc1. The Kier molecular flexibility index (Phi) is 4.70. The van der Waals surface area contributed by atoms with Gasteiger partial charge in [0.25, 0.3) is 0 Å². The van der Waals surface area contributed by atoms with Crippen LogP contribution in [0.15, 0.2) is 64.6 Å². The molecule has 0 fully saturated rings. The van der Waals surface area contributed by atoms with Gasteiger partial charge in [-0.15, -0.1) is 16.4 Å². The van der Waals surface area contributed by atoms with Gasteiger partial charge in [0, 0.05) is 26.4 Å². The highest BCUT2D eigenvalue weighted by Crippen LogP contribution is 2.30. The van der Waals surface area contributed by atoms with Gasteiger partial charge in [0.05, 0.1) is 23.3 Å². The Labute approximate surface area is 171 Å². The summed E-state index contributed by atoms with van der Waals surface area (Å²) in [6.45, 7) is 6.49. The highest BCUT2D eigenvalue weighted by Gasteiger charge is 2.20. The molecule has 4 nitrogen and oxygen atoms in total. The number of hydrogen-bond donors (Lipinski definition) is 0. The van der Waals surface area contributed by atoms with Crippen LogP contribution in [0.5, 0.6) is 0 Å². The summed E-state index contributed by atoms with van der Waals surface area (Å²) in [4.78, 5) is 4.80. The number of thiazole rings is 1. The molecule has 136 valence electrons. The van der Waals surface area contributed by atoms with Crippen LogP contribution in [-0.2, 0) is 5.41 Å². The zero-order valence-electron chi connectivity index (χ0n) is 15.3. The number of nitrogens with zero attached hydrogens (tertiary/aromatic N) is 4. The zero-order valence-corrected chi connectivity index (χ0v) is 17.8. The number of hydrogen-bond acceptors (Lipinski definition) is 4. The predicted molar refractivity (Wildman–Crippen MR) is 114 cm³/mol. The number of rotatable bonds is 3. The molecule has 4 rings (SSSR count). The second-order valence-corrected chi connectivity index (χ2v) is 9.15. The van der Waals surface area contributed by atoms with Crippen LogP contribution in [0.2, 0.25) is 0 Å². The molecule has 0 amide bonds. The fraction of sp³-hybridized carbons (Fsp3) is 0.190. The summed E-state index contributed by atoms with van der Waals surface area (Å²) in [5, 5.41) is 11.5. The molecule has 4 aromatic rings. The van der Waals surface area contributed by atoms with Crippen LogP contribution in [0, 0.1) is 0 Å². The molecular weight excluding hydrogens is 420 g/mol. The van der Waals surface area contributed by atoms with Gasteiger partial charge in [0.1, 0.15) is 5.01 Å². The summed E-state index contributed by atoms with van der Waals surface area (Å²) in [6, 6.07) is 16.5. The molecule has 0 atom stereocenters. The predicted octanol–water partition coefficient (Wildman–Crippen LogP) is 6.12. The van der Waals surface area contributed by atoms with Crippen LogP contribution in [0.1, 0.15) is 26.5 Å². The molecule has 2 aromatic heterocycles. The van der Waals surface area contributed by atoms with Crippen molar-refractivity contribution in [2.24, 2.45) is 0 Å². The van der Waals surface area contributed by atoms with Gasteiger partial charge < -0.3 is 0 Å². The lowest BCUT2D eigenvalue weighted by atomic mass is 9.92. The smallest absolute Gasteiger partial charge is 0.124 e. The van der Waals surface area contributed by atoms with Gasteiger partial charge in [0.15, 0.2) is 0 Å². The minimum absolute atomic E-state index is 0.0172. The molecule has 0 aliphatic heterocycles. The monoisotopic (exact) mass is 438 g/mol. The highest BCUT2D eigenvalue weighted by molar-refractivity contribution is 9.10. The van der Waals surface area contributed by atoms with Crippen molar-refractivity contribution < 1.29 is 0 Å². The number of aromatic nitrogens is 4. The van der Waals surface area contributed by atoms with Gasteiger partial charge in [-0.3, -0.25) is 0 Å². The van der Waals surface area contributed by atoms with Crippen LogP contribution >= 0.6 is 27.3 Å². The molecular formula is C21H19BrN4S. The minimum atomic E-state index is -0.0172. The molecule has 6 heteroatoms. The fourth-order valence-electron chi connectivity index (χ4n) is 2.84. The Bertz CT molecular complexity index is 1060. The zero-order chi connectivity index (χ0) is 19.0. The number of benzene rings is 2. The minimum Gasteiger partial charge on any atom is -0.236 e. The van der Waals surface area contributed by atoms with Crippen LogP contribution in [0.3, 0.4) is 0 Å². The van der Waals surface area contributed by atoms with Crippen molar-refractivity contribution in [2.75, 3.05) is 0 Å². The Balaban J connectivity index is 1.62. The number of halogens is 1. The van der Waals surface area contributed by atoms with Crippen molar-refractivity contribution in [1.29, 1.82) is 0 Å². The quantitative estimate of drug-likeness (QED) is 0.386. The van der Waals surface area contributed by atoms with Crippen molar-refractivity contribution in [3.63, 3.8) is 0 Å². The molecule has 0 N–H and O–H groups in total. The van der Waals surface area contributed by atoms with Crippen molar-refractivity contribution in [3.05, 3.63) is 70.3 Å². The van der Waals surface area contributed by atoms with E-state index in [1.165, 1.54) is 0 Å². The van der Waals surface area contributed by atoms with Crippen LogP contribution < -0.4 is 0 Å². The Morgan fingerprint density at radius 2 is 1.59 bits per heavy atom. The Morgan fingerprint density at radius 1 is 0.926 bits per heavy atom. The second-order valence-electron chi connectivity index (χ2n) is 7.37. The normalized spacial score (nSPS) is 11.7. The molecule has 0 aliphatic rings. The molecule has 0 spiro atoms. The third kappa shape index (κ3) is 3.73. The van der Waals surface area contributed by atoms with Crippen LogP contribution in [-0.4, -0.2) is 20.0 Å². The van der Waals surface area contributed by atoms with E-state index in [0.717, 1.165) is 37.7 Å². The molecule has 27 heavy (non-hydrogen) atoms. The maximum atomic E-state index is 4.80. The molecule has 0 saturated carbocycles.